The fourth-order valence-corrected chi connectivity index (χ4v) is 4.30. The van der Waals surface area contributed by atoms with E-state index in [0.29, 0.717) is 47.5 Å². The van der Waals surface area contributed by atoms with Gasteiger partial charge in [-0.05, 0) is 70.5 Å². The highest BCUT2D eigenvalue weighted by atomic mass is 79.9. The van der Waals surface area contributed by atoms with E-state index in [2.05, 4.69) is 26.6 Å². The maximum absolute atomic E-state index is 12.9. The number of piperazine rings is 1. The number of carbonyl (C=O) groups excluding carboxylic acids is 3. The van der Waals surface area contributed by atoms with Gasteiger partial charge in [-0.25, -0.2) is 0 Å². The van der Waals surface area contributed by atoms with Crippen molar-refractivity contribution >= 4 is 45.0 Å². The van der Waals surface area contributed by atoms with Crippen molar-refractivity contribution in [2.75, 3.05) is 45.2 Å². The first-order valence-electron chi connectivity index (χ1n) is 11.6. The summed E-state index contributed by atoms with van der Waals surface area (Å²) in [6.07, 6.45) is 0. The first kappa shape index (κ1) is 25.2. The number of rotatable bonds is 7. The van der Waals surface area contributed by atoms with Gasteiger partial charge in [0.05, 0.1) is 19.2 Å². The normalized spacial score (nSPS) is 13.2. The summed E-state index contributed by atoms with van der Waals surface area (Å²) in [7, 11) is 1.55. The second-order valence-electron chi connectivity index (χ2n) is 8.27. The zero-order valence-corrected chi connectivity index (χ0v) is 21.5. The molecule has 0 saturated carbocycles. The third kappa shape index (κ3) is 6.23. The molecule has 0 aromatic heterocycles. The van der Waals surface area contributed by atoms with Gasteiger partial charge in [0.1, 0.15) is 5.75 Å². The van der Waals surface area contributed by atoms with Crippen LogP contribution < -0.4 is 15.4 Å². The molecule has 0 atom stereocenters. The summed E-state index contributed by atoms with van der Waals surface area (Å²) >= 11 is 3.42. The predicted molar refractivity (Wildman–Crippen MR) is 142 cm³/mol. The van der Waals surface area contributed by atoms with Crippen molar-refractivity contribution in [1.29, 1.82) is 0 Å². The number of halogens is 1. The Labute approximate surface area is 218 Å². The summed E-state index contributed by atoms with van der Waals surface area (Å²) in [6, 6.07) is 22.1. The summed E-state index contributed by atoms with van der Waals surface area (Å²) in [4.78, 5) is 41.5. The maximum atomic E-state index is 12.9. The maximum Gasteiger partial charge on any atom is 0.255 e. The molecule has 0 spiro atoms. The molecule has 0 aliphatic carbocycles. The van der Waals surface area contributed by atoms with E-state index in [1.165, 1.54) is 0 Å². The van der Waals surface area contributed by atoms with Gasteiger partial charge in [0.25, 0.3) is 11.8 Å². The molecule has 1 aliphatic rings. The van der Waals surface area contributed by atoms with E-state index in [0.717, 1.165) is 11.4 Å². The van der Waals surface area contributed by atoms with Crippen LogP contribution in [0.5, 0.6) is 5.75 Å². The Morgan fingerprint density at radius 2 is 1.50 bits per heavy atom. The molecule has 3 aromatic rings. The van der Waals surface area contributed by atoms with E-state index in [9.17, 15) is 14.4 Å². The topological polar surface area (TPSA) is 91.0 Å². The van der Waals surface area contributed by atoms with Gasteiger partial charge in [0.15, 0.2) is 0 Å². The van der Waals surface area contributed by atoms with E-state index < -0.39 is 0 Å². The molecule has 4 rings (SSSR count). The molecule has 1 aliphatic heterocycles. The monoisotopic (exact) mass is 550 g/mol. The first-order chi connectivity index (χ1) is 17.4. The zero-order valence-electron chi connectivity index (χ0n) is 19.9. The van der Waals surface area contributed by atoms with Crippen LogP contribution in [0.4, 0.5) is 11.4 Å². The van der Waals surface area contributed by atoms with Crippen LogP contribution in [0, 0.1) is 0 Å². The number of nitrogens with one attached hydrogen (secondary N) is 2. The minimum Gasteiger partial charge on any atom is -0.497 e. The number of benzene rings is 3. The molecule has 0 unspecified atom stereocenters. The molecule has 1 heterocycles. The molecule has 1 fully saturated rings. The molecule has 3 aromatic carbocycles. The lowest BCUT2D eigenvalue weighted by atomic mass is 10.1. The number of carbonyl (C=O) groups is 3. The minimum absolute atomic E-state index is 0.0990. The Bertz CT molecular complexity index is 1230. The number of hydrogen-bond donors (Lipinski definition) is 2. The fourth-order valence-electron chi connectivity index (χ4n) is 3.89. The number of methoxy groups -OCH3 is 1. The molecule has 9 heteroatoms. The highest BCUT2D eigenvalue weighted by Gasteiger charge is 2.26. The van der Waals surface area contributed by atoms with E-state index in [-0.39, 0.29) is 24.3 Å². The van der Waals surface area contributed by atoms with Crippen molar-refractivity contribution in [2.45, 2.75) is 0 Å². The fraction of sp³-hybridized carbons (Fsp3) is 0.222. The van der Waals surface area contributed by atoms with Crippen molar-refractivity contribution in [3.63, 3.8) is 0 Å². The van der Waals surface area contributed by atoms with Crippen molar-refractivity contribution < 1.29 is 19.1 Å². The Hall–Kier alpha value is -3.85. The molecular weight excluding hydrogens is 524 g/mol. The second kappa shape index (κ2) is 11.7. The number of hydrogen-bond acceptors (Lipinski definition) is 5. The molecule has 1 saturated heterocycles. The van der Waals surface area contributed by atoms with Gasteiger partial charge in [-0.15, -0.1) is 0 Å². The standard InChI is InChI=1S/C27H27BrN4O4/c1-36-22-11-12-24(28)23(17-22)27(35)32-15-13-31(14-16-32)25(33)18-29-26(34)19-7-9-21(10-8-19)30-20-5-3-2-4-6-20/h2-12,17,30H,13-16,18H2,1H3,(H,29,34). The average Bonchev–Trinajstić information content (AvgIpc) is 2.92. The van der Waals surface area contributed by atoms with Gasteiger partial charge in [0, 0.05) is 47.6 Å². The third-order valence-electron chi connectivity index (χ3n) is 5.93. The highest BCUT2D eigenvalue weighted by Crippen LogP contribution is 2.24. The van der Waals surface area contributed by atoms with E-state index in [4.69, 9.17) is 4.74 Å². The largest absolute Gasteiger partial charge is 0.497 e. The molecule has 2 N–H and O–H groups in total. The molecule has 8 nitrogen and oxygen atoms in total. The number of anilines is 2. The van der Waals surface area contributed by atoms with Crippen molar-refractivity contribution in [2.24, 2.45) is 0 Å². The van der Waals surface area contributed by atoms with Gasteiger partial charge in [-0.3, -0.25) is 14.4 Å². The minimum atomic E-state index is -0.314. The van der Waals surface area contributed by atoms with Crippen LogP contribution in [0.2, 0.25) is 0 Å². The Morgan fingerprint density at radius 1 is 0.861 bits per heavy atom. The molecular formula is C27H27BrN4O4. The second-order valence-corrected chi connectivity index (χ2v) is 9.12. The number of nitrogens with zero attached hydrogens (tertiary/aromatic N) is 2. The Balaban J connectivity index is 1.24. The van der Waals surface area contributed by atoms with Crippen LogP contribution in [-0.2, 0) is 4.79 Å². The lowest BCUT2D eigenvalue weighted by Gasteiger charge is -2.35. The van der Waals surface area contributed by atoms with Gasteiger partial charge >= 0.3 is 0 Å². The van der Waals surface area contributed by atoms with Crippen LogP contribution in [0.1, 0.15) is 20.7 Å². The van der Waals surface area contributed by atoms with Gasteiger partial charge in [0.2, 0.25) is 5.91 Å². The van der Waals surface area contributed by atoms with E-state index in [1.54, 1.807) is 47.2 Å². The van der Waals surface area contributed by atoms with Gasteiger partial charge in [-0.2, -0.15) is 0 Å². The van der Waals surface area contributed by atoms with Crippen LogP contribution in [0.25, 0.3) is 0 Å². The summed E-state index contributed by atoms with van der Waals surface area (Å²) in [5.41, 5.74) is 2.81. The van der Waals surface area contributed by atoms with Crippen molar-refractivity contribution in [3.8, 4) is 5.75 Å². The van der Waals surface area contributed by atoms with E-state index in [1.807, 2.05) is 42.5 Å². The molecule has 3 amide bonds. The quantitative estimate of drug-likeness (QED) is 0.465. The van der Waals surface area contributed by atoms with Gasteiger partial charge < -0.3 is 25.2 Å². The van der Waals surface area contributed by atoms with Crippen molar-refractivity contribution in [1.82, 2.24) is 15.1 Å². The van der Waals surface area contributed by atoms with Crippen LogP contribution >= 0.6 is 15.9 Å². The number of amides is 3. The van der Waals surface area contributed by atoms with Crippen LogP contribution in [-0.4, -0.2) is 67.4 Å². The first-order valence-corrected chi connectivity index (χ1v) is 12.3. The summed E-state index contributed by atoms with van der Waals surface area (Å²) in [5.74, 6) is -0.00810. The smallest absolute Gasteiger partial charge is 0.255 e. The summed E-state index contributed by atoms with van der Waals surface area (Å²) < 4.78 is 5.91. The zero-order chi connectivity index (χ0) is 25.5. The van der Waals surface area contributed by atoms with Crippen molar-refractivity contribution in [3.05, 3.63) is 88.4 Å². The number of para-hydroxylation sites is 1. The lowest BCUT2D eigenvalue weighted by Crippen LogP contribution is -2.52. The SMILES string of the molecule is COc1ccc(Br)c(C(=O)N2CCN(C(=O)CNC(=O)c3ccc(Nc4ccccc4)cc3)CC2)c1. The predicted octanol–water partition coefficient (Wildman–Crippen LogP) is 3.92. The van der Waals surface area contributed by atoms with Gasteiger partial charge in [-0.1, -0.05) is 18.2 Å². The average molecular weight is 551 g/mol. The van der Waals surface area contributed by atoms with Crippen LogP contribution in [0.3, 0.4) is 0 Å². The van der Waals surface area contributed by atoms with E-state index >= 15 is 0 Å². The Morgan fingerprint density at radius 3 is 2.17 bits per heavy atom. The third-order valence-corrected chi connectivity index (χ3v) is 6.62. The molecule has 0 radical (unpaired) electrons. The van der Waals surface area contributed by atoms with Crippen LogP contribution in [0.15, 0.2) is 77.3 Å². The highest BCUT2D eigenvalue weighted by molar-refractivity contribution is 9.10. The molecule has 36 heavy (non-hydrogen) atoms. The Kier molecular flexibility index (Phi) is 8.22. The lowest BCUT2D eigenvalue weighted by molar-refractivity contribution is -0.131. The molecule has 0 bridgehead atoms. The summed E-state index contributed by atoms with van der Waals surface area (Å²) in [5, 5.41) is 5.96. The number of ether oxygens (including phenoxy) is 1. The molecule has 186 valence electrons. The summed E-state index contributed by atoms with van der Waals surface area (Å²) in [6.45, 7) is 1.54.